The van der Waals surface area contributed by atoms with E-state index in [-0.39, 0.29) is 12.1 Å². The van der Waals surface area contributed by atoms with Crippen LogP contribution in [-0.4, -0.2) is 61.1 Å². The highest BCUT2D eigenvalue weighted by molar-refractivity contribution is 5.89. The minimum Gasteiger partial charge on any atom is -0.497 e. The molecule has 4 rings (SSSR count). The van der Waals surface area contributed by atoms with Gasteiger partial charge in [-0.3, -0.25) is 0 Å². The Morgan fingerprint density at radius 1 is 1.23 bits per heavy atom. The molecule has 0 saturated carbocycles. The summed E-state index contributed by atoms with van der Waals surface area (Å²) in [4.78, 5) is 15.5. The summed E-state index contributed by atoms with van der Waals surface area (Å²) in [5.74, 6) is 0.749. The van der Waals surface area contributed by atoms with Crippen LogP contribution in [0.2, 0.25) is 0 Å². The van der Waals surface area contributed by atoms with Crippen LogP contribution in [0, 0.1) is 0 Å². The van der Waals surface area contributed by atoms with Crippen LogP contribution in [0.15, 0.2) is 42.9 Å². The van der Waals surface area contributed by atoms with Gasteiger partial charge in [0, 0.05) is 18.8 Å². The van der Waals surface area contributed by atoms with Crippen LogP contribution in [0.4, 0.5) is 10.5 Å². The Kier molecular flexibility index (Phi) is 4.22. The van der Waals surface area contributed by atoms with Gasteiger partial charge in [-0.25, -0.2) is 9.48 Å². The topological polar surface area (TPSA) is 103 Å². The van der Waals surface area contributed by atoms with E-state index in [0.29, 0.717) is 19.6 Å². The quantitative estimate of drug-likeness (QED) is 0.734. The van der Waals surface area contributed by atoms with Crippen molar-refractivity contribution in [3.8, 4) is 5.75 Å². The molecule has 26 heavy (non-hydrogen) atoms. The SMILES string of the molecule is COc1ccc(NC(=O)N2CC(n3cc(Cn4nccn4)nn3)C2)cc1. The van der Waals surface area contributed by atoms with Gasteiger partial charge in [0.2, 0.25) is 0 Å². The maximum Gasteiger partial charge on any atom is 0.321 e. The minimum atomic E-state index is -0.132. The van der Waals surface area contributed by atoms with Gasteiger partial charge in [-0.05, 0) is 24.3 Å². The molecule has 1 aromatic carbocycles. The zero-order chi connectivity index (χ0) is 17.9. The molecule has 1 N–H and O–H groups in total. The Bertz CT molecular complexity index is 868. The highest BCUT2D eigenvalue weighted by Crippen LogP contribution is 2.22. The van der Waals surface area contributed by atoms with E-state index in [1.807, 2.05) is 6.20 Å². The lowest BCUT2D eigenvalue weighted by atomic mass is 10.1. The Balaban J connectivity index is 1.29. The number of ether oxygens (including phenoxy) is 1. The van der Waals surface area contributed by atoms with Gasteiger partial charge in [-0.1, -0.05) is 5.21 Å². The zero-order valence-electron chi connectivity index (χ0n) is 14.2. The molecule has 0 bridgehead atoms. The molecule has 2 amide bonds. The summed E-state index contributed by atoms with van der Waals surface area (Å²) < 4.78 is 6.89. The minimum absolute atomic E-state index is 0.128. The van der Waals surface area contributed by atoms with E-state index in [0.717, 1.165) is 17.1 Å². The summed E-state index contributed by atoms with van der Waals surface area (Å²) in [7, 11) is 1.61. The number of nitrogens with zero attached hydrogens (tertiary/aromatic N) is 7. The monoisotopic (exact) mass is 354 g/mol. The van der Waals surface area contributed by atoms with Crippen molar-refractivity contribution in [2.24, 2.45) is 0 Å². The molecule has 134 valence electrons. The number of likely N-dealkylation sites (tertiary alicyclic amines) is 1. The fraction of sp³-hybridized carbons (Fsp3) is 0.312. The fourth-order valence-electron chi connectivity index (χ4n) is 2.70. The summed E-state index contributed by atoms with van der Waals surface area (Å²) in [6.07, 6.45) is 5.11. The lowest BCUT2D eigenvalue weighted by Gasteiger charge is -2.38. The Morgan fingerprint density at radius 3 is 2.65 bits per heavy atom. The van der Waals surface area contributed by atoms with E-state index in [1.165, 1.54) is 0 Å². The molecule has 10 nitrogen and oxygen atoms in total. The Labute approximate surface area is 149 Å². The normalized spacial score (nSPS) is 14.1. The highest BCUT2D eigenvalue weighted by atomic mass is 16.5. The Morgan fingerprint density at radius 2 is 1.96 bits per heavy atom. The lowest BCUT2D eigenvalue weighted by Crippen LogP contribution is -2.52. The number of anilines is 1. The van der Waals surface area contributed by atoms with E-state index in [9.17, 15) is 4.79 Å². The predicted molar refractivity (Wildman–Crippen MR) is 91.8 cm³/mol. The van der Waals surface area contributed by atoms with Crippen molar-refractivity contribution >= 4 is 11.7 Å². The smallest absolute Gasteiger partial charge is 0.321 e. The average molecular weight is 354 g/mol. The molecular formula is C16H18N8O2. The van der Waals surface area contributed by atoms with Gasteiger partial charge in [0.25, 0.3) is 0 Å². The van der Waals surface area contributed by atoms with Gasteiger partial charge in [0.15, 0.2) is 0 Å². The van der Waals surface area contributed by atoms with Gasteiger partial charge >= 0.3 is 6.03 Å². The number of carbonyl (C=O) groups is 1. The second kappa shape index (κ2) is 6.82. The second-order valence-electron chi connectivity index (χ2n) is 5.97. The van der Waals surface area contributed by atoms with Crippen molar-refractivity contribution in [1.29, 1.82) is 0 Å². The maximum absolute atomic E-state index is 12.3. The zero-order valence-corrected chi connectivity index (χ0v) is 14.2. The van der Waals surface area contributed by atoms with Gasteiger partial charge in [-0.15, -0.1) is 5.10 Å². The molecule has 1 fully saturated rings. The van der Waals surface area contributed by atoms with Crippen molar-refractivity contribution in [3.63, 3.8) is 0 Å². The molecular weight excluding hydrogens is 336 g/mol. The third-order valence-corrected chi connectivity index (χ3v) is 4.19. The van der Waals surface area contributed by atoms with Crippen LogP contribution < -0.4 is 10.1 Å². The number of rotatable bonds is 5. The molecule has 3 aromatic rings. The van der Waals surface area contributed by atoms with Crippen LogP contribution >= 0.6 is 0 Å². The summed E-state index contributed by atoms with van der Waals surface area (Å²) in [6, 6.07) is 7.22. The van der Waals surface area contributed by atoms with Gasteiger partial charge in [0.1, 0.15) is 18.0 Å². The Hall–Kier alpha value is -3.43. The first-order chi connectivity index (χ1) is 12.7. The number of methoxy groups -OCH3 is 1. The highest BCUT2D eigenvalue weighted by Gasteiger charge is 2.32. The van der Waals surface area contributed by atoms with Crippen LogP contribution in [0.3, 0.4) is 0 Å². The van der Waals surface area contributed by atoms with Gasteiger partial charge in [-0.2, -0.15) is 15.0 Å². The number of hydrogen-bond donors (Lipinski definition) is 1. The van der Waals surface area contributed by atoms with Crippen molar-refractivity contribution in [2.45, 2.75) is 12.6 Å². The number of carbonyl (C=O) groups excluding carboxylic acids is 1. The summed E-state index contributed by atoms with van der Waals surface area (Å²) >= 11 is 0. The number of benzene rings is 1. The van der Waals surface area contributed by atoms with Gasteiger partial charge < -0.3 is 15.0 Å². The first kappa shape index (κ1) is 16.1. The number of urea groups is 1. The molecule has 0 aliphatic carbocycles. The molecule has 1 aliphatic rings. The average Bonchev–Trinajstić information content (AvgIpc) is 3.27. The largest absolute Gasteiger partial charge is 0.497 e. The van der Waals surface area contributed by atoms with Crippen LogP contribution in [0.5, 0.6) is 5.75 Å². The standard InChI is InChI=1S/C16H18N8O2/c1-26-15-4-2-12(3-5-15)19-16(25)22-10-14(11-22)23-8-13(20-21-23)9-24-17-6-7-18-24/h2-8,14H,9-11H2,1H3,(H,19,25). The second-order valence-corrected chi connectivity index (χ2v) is 5.97. The summed E-state index contributed by atoms with van der Waals surface area (Å²) in [5.41, 5.74) is 1.51. The van der Waals surface area contributed by atoms with E-state index in [4.69, 9.17) is 4.74 Å². The van der Waals surface area contributed by atoms with E-state index < -0.39 is 0 Å². The number of amides is 2. The first-order valence-electron chi connectivity index (χ1n) is 8.16. The first-order valence-corrected chi connectivity index (χ1v) is 8.16. The third-order valence-electron chi connectivity index (χ3n) is 4.19. The van der Waals surface area contributed by atoms with Crippen molar-refractivity contribution in [1.82, 2.24) is 34.9 Å². The fourth-order valence-corrected chi connectivity index (χ4v) is 2.70. The maximum atomic E-state index is 12.3. The molecule has 0 atom stereocenters. The molecule has 10 heteroatoms. The van der Waals surface area contributed by atoms with Crippen molar-refractivity contribution in [2.75, 3.05) is 25.5 Å². The number of nitrogens with one attached hydrogen (secondary N) is 1. The molecule has 1 aliphatic heterocycles. The van der Waals surface area contributed by atoms with Crippen molar-refractivity contribution in [3.05, 3.63) is 48.5 Å². The van der Waals surface area contributed by atoms with Crippen LogP contribution in [0.1, 0.15) is 11.7 Å². The molecule has 0 spiro atoms. The molecule has 2 aromatic heterocycles. The summed E-state index contributed by atoms with van der Waals surface area (Å²) in [5, 5.41) is 19.2. The molecule has 0 unspecified atom stereocenters. The van der Waals surface area contributed by atoms with E-state index >= 15 is 0 Å². The molecule has 0 radical (unpaired) electrons. The third kappa shape index (κ3) is 3.34. The van der Waals surface area contributed by atoms with Crippen LogP contribution in [-0.2, 0) is 6.54 Å². The predicted octanol–water partition coefficient (Wildman–Crippen LogP) is 1.02. The molecule has 3 heterocycles. The van der Waals surface area contributed by atoms with E-state index in [2.05, 4.69) is 25.8 Å². The van der Waals surface area contributed by atoms with Crippen molar-refractivity contribution < 1.29 is 9.53 Å². The lowest BCUT2D eigenvalue weighted by molar-refractivity contribution is 0.127. The summed E-state index contributed by atoms with van der Waals surface area (Å²) in [6.45, 7) is 1.65. The van der Waals surface area contributed by atoms with Gasteiger partial charge in [0.05, 0.1) is 31.7 Å². The molecule has 1 saturated heterocycles. The van der Waals surface area contributed by atoms with Crippen LogP contribution in [0.25, 0.3) is 0 Å². The number of aromatic nitrogens is 6. The number of hydrogen-bond acceptors (Lipinski definition) is 6. The van der Waals surface area contributed by atoms with E-state index in [1.54, 1.807) is 58.1 Å².